The Labute approximate surface area is 115 Å². The lowest BCUT2D eigenvalue weighted by molar-refractivity contribution is 0.630. The first-order chi connectivity index (χ1) is 9.19. The lowest BCUT2D eigenvalue weighted by atomic mass is 10.1. The SMILES string of the molecule is N#Cc1cc(N2CCCC2)nc2cc(F)c(Cl)cc12. The zero-order chi connectivity index (χ0) is 13.4. The van der Waals surface area contributed by atoms with Crippen molar-refractivity contribution in [1.82, 2.24) is 4.98 Å². The van der Waals surface area contributed by atoms with E-state index in [1.807, 2.05) is 0 Å². The zero-order valence-corrected chi connectivity index (χ0v) is 10.9. The van der Waals surface area contributed by atoms with Gasteiger partial charge in [-0.1, -0.05) is 11.6 Å². The van der Waals surface area contributed by atoms with E-state index in [1.165, 1.54) is 12.1 Å². The van der Waals surface area contributed by atoms with E-state index in [-0.39, 0.29) is 5.02 Å². The van der Waals surface area contributed by atoms with Crippen LogP contribution < -0.4 is 4.90 Å². The Morgan fingerprint density at radius 1 is 1.26 bits per heavy atom. The summed E-state index contributed by atoms with van der Waals surface area (Å²) >= 11 is 5.76. The van der Waals surface area contributed by atoms with Crippen LogP contribution in [0.25, 0.3) is 10.9 Å². The van der Waals surface area contributed by atoms with Gasteiger partial charge in [0.25, 0.3) is 0 Å². The Kier molecular flexibility index (Phi) is 3.00. The van der Waals surface area contributed by atoms with Crippen molar-refractivity contribution in [3.8, 4) is 6.07 Å². The summed E-state index contributed by atoms with van der Waals surface area (Å²) in [6, 6.07) is 6.64. The molecule has 0 radical (unpaired) electrons. The minimum Gasteiger partial charge on any atom is -0.357 e. The van der Waals surface area contributed by atoms with E-state index in [1.54, 1.807) is 6.07 Å². The van der Waals surface area contributed by atoms with Crippen LogP contribution in [0.3, 0.4) is 0 Å². The number of hydrogen-bond donors (Lipinski definition) is 0. The summed E-state index contributed by atoms with van der Waals surface area (Å²) in [6.07, 6.45) is 2.24. The highest BCUT2D eigenvalue weighted by Crippen LogP contribution is 2.28. The normalized spacial score (nSPS) is 14.9. The first-order valence-corrected chi connectivity index (χ1v) is 6.51. The van der Waals surface area contributed by atoms with E-state index in [0.717, 1.165) is 31.7 Å². The number of benzene rings is 1. The molecule has 0 saturated carbocycles. The second-order valence-corrected chi connectivity index (χ2v) is 5.02. The molecule has 3 rings (SSSR count). The van der Waals surface area contributed by atoms with Crippen molar-refractivity contribution in [2.75, 3.05) is 18.0 Å². The van der Waals surface area contributed by atoms with E-state index in [9.17, 15) is 9.65 Å². The number of rotatable bonds is 1. The standard InChI is InChI=1S/C14H11ClFN3/c15-11-6-10-9(8-17)5-14(19-3-1-2-4-19)18-13(10)7-12(11)16/h5-7H,1-4H2. The summed E-state index contributed by atoms with van der Waals surface area (Å²) in [5, 5.41) is 9.84. The first kappa shape index (κ1) is 12.2. The number of nitriles is 1. The van der Waals surface area contributed by atoms with Crippen LogP contribution in [-0.4, -0.2) is 18.1 Å². The highest BCUT2D eigenvalue weighted by Gasteiger charge is 2.16. The lowest BCUT2D eigenvalue weighted by Crippen LogP contribution is -2.19. The number of fused-ring (bicyclic) bond motifs is 1. The van der Waals surface area contributed by atoms with Crippen molar-refractivity contribution in [3.63, 3.8) is 0 Å². The molecule has 0 N–H and O–H groups in total. The van der Waals surface area contributed by atoms with Gasteiger partial charge in [-0.3, -0.25) is 0 Å². The minimum atomic E-state index is -0.510. The number of nitrogens with zero attached hydrogens (tertiary/aromatic N) is 3. The van der Waals surface area contributed by atoms with Crippen LogP contribution in [0, 0.1) is 17.1 Å². The quantitative estimate of drug-likeness (QED) is 0.800. The van der Waals surface area contributed by atoms with Crippen LogP contribution >= 0.6 is 11.6 Å². The Morgan fingerprint density at radius 3 is 2.68 bits per heavy atom. The largest absolute Gasteiger partial charge is 0.357 e. The molecule has 0 bridgehead atoms. The van der Waals surface area contributed by atoms with Gasteiger partial charge >= 0.3 is 0 Å². The van der Waals surface area contributed by atoms with Crippen molar-refractivity contribution >= 4 is 28.3 Å². The number of aromatic nitrogens is 1. The Balaban J connectivity index is 2.22. The number of anilines is 1. The molecule has 1 aromatic heterocycles. The molecular formula is C14H11ClFN3. The van der Waals surface area contributed by atoms with Gasteiger partial charge < -0.3 is 4.90 Å². The highest BCUT2D eigenvalue weighted by molar-refractivity contribution is 6.31. The maximum absolute atomic E-state index is 13.5. The molecule has 5 heteroatoms. The molecule has 0 aliphatic carbocycles. The van der Waals surface area contributed by atoms with Crippen molar-refractivity contribution in [3.05, 3.63) is 34.6 Å². The van der Waals surface area contributed by atoms with E-state index in [4.69, 9.17) is 11.6 Å². The third-order valence-corrected chi connectivity index (χ3v) is 3.68. The van der Waals surface area contributed by atoms with Crippen LogP contribution in [-0.2, 0) is 0 Å². The minimum absolute atomic E-state index is 0.0136. The van der Waals surface area contributed by atoms with E-state index >= 15 is 0 Å². The first-order valence-electron chi connectivity index (χ1n) is 6.14. The molecule has 1 saturated heterocycles. The van der Waals surface area contributed by atoms with Crippen LogP contribution in [0.4, 0.5) is 10.2 Å². The molecule has 0 unspecified atom stereocenters. The molecule has 0 atom stereocenters. The molecule has 2 heterocycles. The third kappa shape index (κ3) is 2.11. The van der Waals surface area contributed by atoms with Gasteiger partial charge in [-0.05, 0) is 25.0 Å². The average molecular weight is 276 g/mol. The molecule has 1 aliphatic rings. The van der Waals surface area contributed by atoms with Crippen molar-refractivity contribution in [1.29, 1.82) is 5.26 Å². The van der Waals surface area contributed by atoms with Gasteiger partial charge in [0, 0.05) is 24.5 Å². The summed E-state index contributed by atoms with van der Waals surface area (Å²) in [4.78, 5) is 6.56. The molecule has 96 valence electrons. The molecule has 2 aromatic rings. The van der Waals surface area contributed by atoms with E-state index < -0.39 is 5.82 Å². The second-order valence-electron chi connectivity index (χ2n) is 4.62. The Bertz CT molecular complexity index is 687. The molecule has 3 nitrogen and oxygen atoms in total. The zero-order valence-electron chi connectivity index (χ0n) is 10.2. The van der Waals surface area contributed by atoms with E-state index in [2.05, 4.69) is 16.0 Å². The molecule has 1 aliphatic heterocycles. The van der Waals surface area contributed by atoms with Crippen LogP contribution in [0.2, 0.25) is 5.02 Å². The monoisotopic (exact) mass is 275 g/mol. The van der Waals surface area contributed by atoms with Crippen LogP contribution in [0.1, 0.15) is 18.4 Å². The predicted molar refractivity (Wildman–Crippen MR) is 72.9 cm³/mol. The maximum Gasteiger partial charge on any atom is 0.143 e. The fraction of sp³-hybridized carbons (Fsp3) is 0.286. The smallest absolute Gasteiger partial charge is 0.143 e. The second kappa shape index (κ2) is 4.67. The summed E-state index contributed by atoms with van der Waals surface area (Å²) < 4.78 is 13.5. The predicted octanol–water partition coefficient (Wildman–Crippen LogP) is 3.50. The fourth-order valence-electron chi connectivity index (χ4n) is 2.41. The summed E-state index contributed by atoms with van der Waals surface area (Å²) in [7, 11) is 0. The summed E-state index contributed by atoms with van der Waals surface area (Å²) in [5.41, 5.74) is 0.955. The average Bonchev–Trinajstić information content (AvgIpc) is 2.93. The van der Waals surface area contributed by atoms with Crippen LogP contribution in [0.5, 0.6) is 0 Å². The number of pyridine rings is 1. The van der Waals surface area contributed by atoms with Crippen molar-refractivity contribution in [2.24, 2.45) is 0 Å². The summed E-state index contributed by atoms with van der Waals surface area (Å²) in [5.74, 6) is 0.229. The Hall–Kier alpha value is -1.86. The maximum atomic E-state index is 13.5. The molecule has 1 fully saturated rings. The number of halogens is 2. The van der Waals surface area contributed by atoms with Gasteiger partial charge in [-0.25, -0.2) is 9.37 Å². The molecule has 19 heavy (non-hydrogen) atoms. The van der Waals surface area contributed by atoms with Gasteiger partial charge in [-0.2, -0.15) is 5.26 Å². The molecule has 1 aromatic carbocycles. The molecule has 0 spiro atoms. The molecule has 0 amide bonds. The number of hydrogen-bond acceptors (Lipinski definition) is 3. The van der Waals surface area contributed by atoms with Gasteiger partial charge in [0.05, 0.1) is 22.2 Å². The topological polar surface area (TPSA) is 39.9 Å². The van der Waals surface area contributed by atoms with Crippen LogP contribution in [0.15, 0.2) is 18.2 Å². The lowest BCUT2D eigenvalue weighted by Gasteiger charge is -2.17. The van der Waals surface area contributed by atoms with Gasteiger partial charge in [0.15, 0.2) is 0 Å². The highest BCUT2D eigenvalue weighted by atomic mass is 35.5. The Morgan fingerprint density at radius 2 is 2.00 bits per heavy atom. The molecular weight excluding hydrogens is 265 g/mol. The van der Waals surface area contributed by atoms with Crippen molar-refractivity contribution < 1.29 is 4.39 Å². The van der Waals surface area contributed by atoms with Gasteiger partial charge in [-0.15, -0.1) is 0 Å². The van der Waals surface area contributed by atoms with E-state index in [0.29, 0.717) is 16.5 Å². The fourth-order valence-corrected chi connectivity index (χ4v) is 2.57. The van der Waals surface area contributed by atoms with Crippen molar-refractivity contribution in [2.45, 2.75) is 12.8 Å². The third-order valence-electron chi connectivity index (χ3n) is 3.39. The van der Waals surface area contributed by atoms with Gasteiger partial charge in [0.1, 0.15) is 11.6 Å². The summed E-state index contributed by atoms with van der Waals surface area (Å²) in [6.45, 7) is 1.86. The van der Waals surface area contributed by atoms with Gasteiger partial charge in [0.2, 0.25) is 0 Å².